The molecule has 0 bridgehead atoms. The maximum absolute atomic E-state index is 5.03. The topological polar surface area (TPSA) is 51.0 Å². The van der Waals surface area contributed by atoms with E-state index in [-0.39, 0.29) is 5.54 Å². The van der Waals surface area contributed by atoms with Gasteiger partial charge >= 0.3 is 0 Å². The number of hydrogen-bond acceptors (Lipinski definition) is 5. The fourth-order valence-corrected chi connectivity index (χ4v) is 2.23. The van der Waals surface area contributed by atoms with Crippen molar-refractivity contribution in [2.75, 3.05) is 6.54 Å². The molecule has 4 nitrogen and oxygen atoms in total. The van der Waals surface area contributed by atoms with E-state index in [0.29, 0.717) is 0 Å². The quantitative estimate of drug-likeness (QED) is 0.907. The Labute approximate surface area is 105 Å². The third-order valence-electron chi connectivity index (χ3n) is 2.23. The second-order valence-electron chi connectivity index (χ2n) is 4.94. The predicted molar refractivity (Wildman–Crippen MR) is 69.1 cm³/mol. The minimum absolute atomic E-state index is 0.151. The lowest BCUT2D eigenvalue weighted by Crippen LogP contribution is -2.37. The molecule has 0 spiro atoms. The molecule has 92 valence electrons. The highest BCUT2D eigenvalue weighted by atomic mass is 32.1. The molecular weight excluding hydrogens is 234 g/mol. The smallest absolute Gasteiger partial charge is 0.151 e. The molecule has 2 aromatic heterocycles. The maximum atomic E-state index is 5.03. The molecule has 0 aromatic carbocycles. The van der Waals surface area contributed by atoms with Crippen molar-refractivity contribution in [3.05, 3.63) is 23.6 Å². The molecule has 0 radical (unpaired) electrons. The van der Waals surface area contributed by atoms with Crippen molar-refractivity contribution in [1.82, 2.24) is 15.5 Å². The lowest BCUT2D eigenvalue weighted by atomic mass is 10.1. The summed E-state index contributed by atoms with van der Waals surface area (Å²) in [4.78, 5) is 0. The van der Waals surface area contributed by atoms with Gasteiger partial charge in [0.05, 0.1) is 11.8 Å². The van der Waals surface area contributed by atoms with Gasteiger partial charge < -0.3 is 9.73 Å². The van der Waals surface area contributed by atoms with Gasteiger partial charge in [0.2, 0.25) is 0 Å². The lowest BCUT2D eigenvalue weighted by molar-refractivity contribution is 0.429. The highest BCUT2D eigenvalue weighted by molar-refractivity contribution is 7.14. The number of nitrogens with one attached hydrogen (secondary N) is 1. The molecule has 0 unspecified atom stereocenters. The Morgan fingerprint density at radius 2 is 2.18 bits per heavy atom. The molecule has 2 heterocycles. The fraction of sp³-hybridized carbons (Fsp3) is 0.500. The Hall–Kier alpha value is -1.20. The number of nitrogens with zero attached hydrogens (tertiary/aromatic N) is 2. The van der Waals surface area contributed by atoms with Gasteiger partial charge in [-0.05, 0) is 26.8 Å². The molecule has 17 heavy (non-hydrogen) atoms. The minimum Gasteiger partial charge on any atom is -0.472 e. The number of rotatable bonds is 4. The van der Waals surface area contributed by atoms with Crippen molar-refractivity contribution < 1.29 is 4.42 Å². The van der Waals surface area contributed by atoms with Gasteiger partial charge in [0.25, 0.3) is 0 Å². The van der Waals surface area contributed by atoms with Gasteiger partial charge in [0, 0.05) is 18.5 Å². The molecule has 2 aromatic rings. The van der Waals surface area contributed by atoms with E-state index in [2.05, 4.69) is 36.3 Å². The Morgan fingerprint density at radius 1 is 1.35 bits per heavy atom. The third kappa shape index (κ3) is 3.64. The van der Waals surface area contributed by atoms with Gasteiger partial charge in [-0.25, -0.2) is 0 Å². The summed E-state index contributed by atoms with van der Waals surface area (Å²) in [5.41, 5.74) is 1.15. The molecular formula is C12H17N3OS. The highest BCUT2D eigenvalue weighted by Gasteiger charge is 2.10. The fourth-order valence-electron chi connectivity index (χ4n) is 1.40. The third-order valence-corrected chi connectivity index (χ3v) is 3.26. The minimum atomic E-state index is 0.151. The van der Waals surface area contributed by atoms with Crippen molar-refractivity contribution in [3.8, 4) is 10.6 Å². The first-order chi connectivity index (χ1) is 8.04. The lowest BCUT2D eigenvalue weighted by Gasteiger charge is -2.19. The molecule has 0 aliphatic rings. The SMILES string of the molecule is CC(C)(C)NCCc1nnc(-c2ccoc2)s1. The number of aromatic nitrogens is 2. The van der Waals surface area contributed by atoms with Crippen LogP contribution in [0.3, 0.4) is 0 Å². The van der Waals surface area contributed by atoms with Crippen LogP contribution in [0.1, 0.15) is 25.8 Å². The van der Waals surface area contributed by atoms with E-state index >= 15 is 0 Å². The summed E-state index contributed by atoms with van der Waals surface area (Å²) < 4.78 is 5.03. The molecule has 1 N–H and O–H groups in total. The van der Waals surface area contributed by atoms with Crippen LogP contribution < -0.4 is 5.32 Å². The van der Waals surface area contributed by atoms with Crippen LogP contribution in [-0.2, 0) is 6.42 Å². The normalized spacial score (nSPS) is 11.9. The van der Waals surface area contributed by atoms with E-state index in [1.165, 1.54) is 0 Å². The average Bonchev–Trinajstić information content (AvgIpc) is 2.83. The summed E-state index contributed by atoms with van der Waals surface area (Å²) in [6.07, 6.45) is 4.25. The molecule has 5 heteroatoms. The first kappa shape index (κ1) is 12.3. The van der Waals surface area contributed by atoms with E-state index < -0.39 is 0 Å². The predicted octanol–water partition coefficient (Wildman–Crippen LogP) is 2.73. The summed E-state index contributed by atoms with van der Waals surface area (Å²) in [5.74, 6) is 0. The Kier molecular flexibility index (Phi) is 3.59. The second-order valence-corrected chi connectivity index (χ2v) is 6.00. The standard InChI is InChI=1S/C12H17N3OS/c1-12(2,3)13-6-4-10-14-15-11(17-10)9-5-7-16-8-9/h5,7-8,13H,4,6H2,1-3H3. The van der Waals surface area contributed by atoms with Gasteiger partial charge in [-0.1, -0.05) is 11.3 Å². The van der Waals surface area contributed by atoms with Crippen molar-refractivity contribution in [3.63, 3.8) is 0 Å². The van der Waals surface area contributed by atoms with Crippen LogP contribution in [0, 0.1) is 0 Å². The van der Waals surface area contributed by atoms with E-state index in [1.54, 1.807) is 23.9 Å². The molecule has 0 saturated heterocycles. The summed E-state index contributed by atoms with van der Waals surface area (Å²) in [6, 6.07) is 1.90. The van der Waals surface area contributed by atoms with Gasteiger partial charge in [-0.15, -0.1) is 10.2 Å². The van der Waals surface area contributed by atoms with E-state index in [1.807, 2.05) is 6.07 Å². The van der Waals surface area contributed by atoms with Crippen molar-refractivity contribution in [1.29, 1.82) is 0 Å². The van der Waals surface area contributed by atoms with Gasteiger partial charge in [-0.3, -0.25) is 0 Å². The van der Waals surface area contributed by atoms with Crippen LogP contribution in [0.5, 0.6) is 0 Å². The van der Waals surface area contributed by atoms with Gasteiger partial charge in [0.15, 0.2) is 5.01 Å². The van der Waals surface area contributed by atoms with Crippen molar-refractivity contribution >= 4 is 11.3 Å². The summed E-state index contributed by atoms with van der Waals surface area (Å²) >= 11 is 1.62. The highest BCUT2D eigenvalue weighted by Crippen LogP contribution is 2.23. The zero-order valence-corrected chi connectivity index (χ0v) is 11.2. The van der Waals surface area contributed by atoms with Gasteiger partial charge in [-0.2, -0.15) is 0 Å². The molecule has 0 aliphatic heterocycles. The zero-order valence-electron chi connectivity index (χ0n) is 10.4. The maximum Gasteiger partial charge on any atom is 0.151 e. The summed E-state index contributed by atoms with van der Waals surface area (Å²) in [7, 11) is 0. The van der Waals surface area contributed by atoms with Crippen LogP contribution in [0.2, 0.25) is 0 Å². The first-order valence-corrected chi connectivity index (χ1v) is 6.46. The van der Waals surface area contributed by atoms with Gasteiger partial charge in [0.1, 0.15) is 11.3 Å². The van der Waals surface area contributed by atoms with Crippen LogP contribution in [0.25, 0.3) is 10.6 Å². The Bertz CT molecular complexity index is 456. The van der Waals surface area contributed by atoms with E-state index in [9.17, 15) is 0 Å². The average molecular weight is 251 g/mol. The Balaban J connectivity index is 1.91. The van der Waals surface area contributed by atoms with Crippen LogP contribution in [-0.4, -0.2) is 22.3 Å². The van der Waals surface area contributed by atoms with Crippen LogP contribution in [0.15, 0.2) is 23.0 Å². The zero-order chi connectivity index (χ0) is 12.3. The van der Waals surface area contributed by atoms with E-state index in [4.69, 9.17) is 4.42 Å². The summed E-state index contributed by atoms with van der Waals surface area (Å²) in [6.45, 7) is 7.39. The van der Waals surface area contributed by atoms with Crippen LogP contribution >= 0.6 is 11.3 Å². The first-order valence-electron chi connectivity index (χ1n) is 5.64. The molecule has 0 fully saturated rings. The summed E-state index contributed by atoms with van der Waals surface area (Å²) in [5, 5.41) is 13.7. The second kappa shape index (κ2) is 4.98. The van der Waals surface area contributed by atoms with Crippen molar-refractivity contribution in [2.24, 2.45) is 0 Å². The molecule has 0 amide bonds. The Morgan fingerprint density at radius 3 is 2.82 bits per heavy atom. The monoisotopic (exact) mass is 251 g/mol. The largest absolute Gasteiger partial charge is 0.472 e. The molecule has 0 aliphatic carbocycles. The van der Waals surface area contributed by atoms with E-state index in [0.717, 1.165) is 28.5 Å². The number of furan rings is 1. The van der Waals surface area contributed by atoms with Crippen molar-refractivity contribution in [2.45, 2.75) is 32.7 Å². The molecule has 2 rings (SSSR count). The number of hydrogen-bond donors (Lipinski definition) is 1. The van der Waals surface area contributed by atoms with Crippen LogP contribution in [0.4, 0.5) is 0 Å². The molecule has 0 saturated carbocycles. The molecule has 0 atom stereocenters.